The monoisotopic (exact) mass is 393 g/mol. The summed E-state index contributed by atoms with van der Waals surface area (Å²) < 4.78 is 0. The molecule has 0 bridgehead atoms. The lowest BCUT2D eigenvalue weighted by molar-refractivity contribution is -0.123. The maximum absolute atomic E-state index is 12.3. The van der Waals surface area contributed by atoms with Gasteiger partial charge < -0.3 is 16.4 Å². The van der Waals surface area contributed by atoms with Gasteiger partial charge in [-0.05, 0) is 43.0 Å². The van der Waals surface area contributed by atoms with Crippen molar-refractivity contribution in [2.75, 3.05) is 25.1 Å². The number of nitrogens with two attached hydrogens (primary N) is 1. The zero-order valence-electron chi connectivity index (χ0n) is 13.9. The SMILES string of the molecule is CSCCC(NC(=O)c1ccccc1Cl)C(=O)NCC(C)CN.Cl. The Morgan fingerprint density at radius 1 is 1.33 bits per heavy atom. The summed E-state index contributed by atoms with van der Waals surface area (Å²) in [5.74, 6) is 0.427. The molecule has 1 aromatic rings. The molecule has 8 heteroatoms. The molecule has 0 saturated carbocycles. The number of rotatable bonds is 9. The summed E-state index contributed by atoms with van der Waals surface area (Å²) in [6.45, 7) is 2.95. The second-order valence-electron chi connectivity index (χ2n) is 5.37. The largest absolute Gasteiger partial charge is 0.354 e. The van der Waals surface area contributed by atoms with Gasteiger partial charge in [0, 0.05) is 6.54 Å². The van der Waals surface area contributed by atoms with Crippen LogP contribution in [0, 0.1) is 5.92 Å². The minimum absolute atomic E-state index is 0. The van der Waals surface area contributed by atoms with Crippen molar-refractivity contribution in [3.05, 3.63) is 34.9 Å². The Balaban J connectivity index is 0.00000529. The van der Waals surface area contributed by atoms with E-state index in [1.54, 1.807) is 36.0 Å². The van der Waals surface area contributed by atoms with E-state index in [2.05, 4.69) is 10.6 Å². The van der Waals surface area contributed by atoms with E-state index in [-0.39, 0.29) is 30.1 Å². The summed E-state index contributed by atoms with van der Waals surface area (Å²) in [4.78, 5) is 24.6. The van der Waals surface area contributed by atoms with Gasteiger partial charge in [0.25, 0.3) is 5.91 Å². The molecule has 0 heterocycles. The highest BCUT2D eigenvalue weighted by Crippen LogP contribution is 2.15. The standard InChI is InChI=1S/C16H24ClN3O2S.ClH/c1-11(9-18)10-19-16(22)14(7-8-23-2)20-15(21)12-5-3-4-6-13(12)17;/h3-6,11,14H,7-10,18H2,1-2H3,(H,19,22)(H,20,21);1H. The molecule has 24 heavy (non-hydrogen) atoms. The molecule has 2 atom stereocenters. The van der Waals surface area contributed by atoms with Crippen molar-refractivity contribution in [1.82, 2.24) is 10.6 Å². The van der Waals surface area contributed by atoms with Crippen LogP contribution in [0.3, 0.4) is 0 Å². The molecule has 136 valence electrons. The van der Waals surface area contributed by atoms with Crippen molar-refractivity contribution in [1.29, 1.82) is 0 Å². The highest BCUT2D eigenvalue weighted by atomic mass is 35.5. The fraction of sp³-hybridized carbons (Fsp3) is 0.500. The first-order valence-corrected chi connectivity index (χ1v) is 9.28. The van der Waals surface area contributed by atoms with Gasteiger partial charge in [0.15, 0.2) is 0 Å². The van der Waals surface area contributed by atoms with Gasteiger partial charge in [-0.15, -0.1) is 12.4 Å². The van der Waals surface area contributed by atoms with Gasteiger partial charge >= 0.3 is 0 Å². The average molecular weight is 394 g/mol. The fourth-order valence-corrected chi connectivity index (χ4v) is 2.56. The minimum Gasteiger partial charge on any atom is -0.354 e. The summed E-state index contributed by atoms with van der Waals surface area (Å²) >= 11 is 7.65. The van der Waals surface area contributed by atoms with Crippen molar-refractivity contribution in [2.45, 2.75) is 19.4 Å². The van der Waals surface area contributed by atoms with Crippen LogP contribution in [-0.4, -0.2) is 43.0 Å². The van der Waals surface area contributed by atoms with Gasteiger partial charge in [-0.3, -0.25) is 9.59 Å². The van der Waals surface area contributed by atoms with Crippen LogP contribution < -0.4 is 16.4 Å². The summed E-state index contributed by atoms with van der Waals surface area (Å²) in [6.07, 6.45) is 2.52. The van der Waals surface area contributed by atoms with Crippen LogP contribution in [-0.2, 0) is 4.79 Å². The number of thioether (sulfide) groups is 1. The van der Waals surface area contributed by atoms with E-state index in [0.29, 0.717) is 30.1 Å². The van der Waals surface area contributed by atoms with E-state index in [1.807, 2.05) is 13.2 Å². The Bertz CT molecular complexity index is 532. The molecule has 0 aliphatic rings. The number of halogens is 2. The van der Waals surface area contributed by atoms with Gasteiger partial charge in [0.1, 0.15) is 6.04 Å². The molecule has 0 fully saturated rings. The number of carbonyl (C=O) groups excluding carboxylic acids is 2. The maximum atomic E-state index is 12.3. The van der Waals surface area contributed by atoms with Crippen molar-refractivity contribution < 1.29 is 9.59 Å². The number of hydrogen-bond donors (Lipinski definition) is 3. The topological polar surface area (TPSA) is 84.2 Å². The Morgan fingerprint density at radius 2 is 2.00 bits per heavy atom. The molecule has 1 aromatic carbocycles. The van der Waals surface area contributed by atoms with Crippen molar-refractivity contribution in [3.8, 4) is 0 Å². The third-order valence-electron chi connectivity index (χ3n) is 3.38. The highest BCUT2D eigenvalue weighted by Gasteiger charge is 2.22. The first-order chi connectivity index (χ1) is 11.0. The Labute approximate surface area is 158 Å². The quantitative estimate of drug-likeness (QED) is 0.600. The summed E-state index contributed by atoms with van der Waals surface area (Å²) in [5, 5.41) is 5.97. The van der Waals surface area contributed by atoms with Crippen molar-refractivity contribution >= 4 is 47.6 Å². The molecule has 0 aliphatic heterocycles. The fourth-order valence-electron chi connectivity index (χ4n) is 1.87. The number of nitrogens with one attached hydrogen (secondary N) is 2. The van der Waals surface area contributed by atoms with Crippen molar-refractivity contribution in [3.63, 3.8) is 0 Å². The zero-order valence-corrected chi connectivity index (χ0v) is 16.3. The molecule has 2 unspecified atom stereocenters. The van der Waals surface area contributed by atoms with E-state index in [4.69, 9.17) is 17.3 Å². The highest BCUT2D eigenvalue weighted by molar-refractivity contribution is 7.98. The van der Waals surface area contributed by atoms with E-state index in [0.717, 1.165) is 5.75 Å². The molecular weight excluding hydrogens is 369 g/mol. The van der Waals surface area contributed by atoms with Gasteiger partial charge in [0.2, 0.25) is 5.91 Å². The summed E-state index contributed by atoms with van der Waals surface area (Å²) in [7, 11) is 0. The van der Waals surface area contributed by atoms with Gasteiger partial charge in [-0.2, -0.15) is 11.8 Å². The van der Waals surface area contributed by atoms with Crippen LogP contribution in [0.15, 0.2) is 24.3 Å². The molecule has 0 spiro atoms. The summed E-state index contributed by atoms with van der Waals surface area (Å²) in [6, 6.07) is 6.19. The Kier molecular flexibility index (Phi) is 11.9. The maximum Gasteiger partial charge on any atom is 0.253 e. The van der Waals surface area contributed by atoms with Crippen LogP contribution in [0.5, 0.6) is 0 Å². The normalized spacial score (nSPS) is 12.7. The van der Waals surface area contributed by atoms with Crippen LogP contribution in [0.25, 0.3) is 0 Å². The van der Waals surface area contributed by atoms with E-state index < -0.39 is 6.04 Å². The van der Waals surface area contributed by atoms with E-state index >= 15 is 0 Å². The minimum atomic E-state index is -0.587. The van der Waals surface area contributed by atoms with Crippen LogP contribution >= 0.6 is 35.8 Å². The molecule has 2 amide bonds. The lowest BCUT2D eigenvalue weighted by Crippen LogP contribution is -2.48. The number of amides is 2. The smallest absolute Gasteiger partial charge is 0.253 e. The molecular formula is C16H25Cl2N3O2S. The molecule has 5 nitrogen and oxygen atoms in total. The molecule has 0 radical (unpaired) electrons. The third-order valence-corrected chi connectivity index (χ3v) is 4.35. The Morgan fingerprint density at radius 3 is 2.58 bits per heavy atom. The second-order valence-corrected chi connectivity index (χ2v) is 6.77. The molecule has 0 aliphatic carbocycles. The number of benzene rings is 1. The predicted octanol–water partition coefficient (Wildman–Crippen LogP) is 2.32. The summed E-state index contributed by atoms with van der Waals surface area (Å²) in [5.41, 5.74) is 5.92. The first-order valence-electron chi connectivity index (χ1n) is 7.51. The number of carbonyl (C=O) groups is 2. The predicted molar refractivity (Wildman–Crippen MR) is 104 cm³/mol. The second kappa shape index (κ2) is 12.4. The molecule has 0 aromatic heterocycles. The first kappa shape index (κ1) is 23.1. The Hall–Kier alpha value is -0.950. The third kappa shape index (κ3) is 7.75. The van der Waals surface area contributed by atoms with E-state index in [9.17, 15) is 9.59 Å². The van der Waals surface area contributed by atoms with Crippen LogP contribution in [0.1, 0.15) is 23.7 Å². The molecule has 0 saturated heterocycles. The lowest BCUT2D eigenvalue weighted by atomic mass is 10.1. The van der Waals surface area contributed by atoms with E-state index in [1.165, 1.54) is 0 Å². The van der Waals surface area contributed by atoms with Crippen LogP contribution in [0.2, 0.25) is 5.02 Å². The van der Waals surface area contributed by atoms with Crippen LogP contribution in [0.4, 0.5) is 0 Å². The lowest BCUT2D eigenvalue weighted by Gasteiger charge is -2.19. The van der Waals surface area contributed by atoms with Crippen molar-refractivity contribution in [2.24, 2.45) is 11.7 Å². The van der Waals surface area contributed by atoms with Gasteiger partial charge in [-0.25, -0.2) is 0 Å². The molecule has 4 N–H and O–H groups in total. The van der Waals surface area contributed by atoms with Gasteiger partial charge in [-0.1, -0.05) is 30.7 Å². The van der Waals surface area contributed by atoms with Gasteiger partial charge in [0.05, 0.1) is 10.6 Å². The average Bonchev–Trinajstić information content (AvgIpc) is 2.56. The number of hydrogen-bond acceptors (Lipinski definition) is 4. The zero-order chi connectivity index (χ0) is 17.2. The molecule has 1 rings (SSSR count).